The van der Waals surface area contributed by atoms with Crippen molar-refractivity contribution < 1.29 is 4.79 Å². The second-order valence-electron chi connectivity index (χ2n) is 4.32. The zero-order valence-electron chi connectivity index (χ0n) is 10.2. The summed E-state index contributed by atoms with van der Waals surface area (Å²) in [6.07, 6.45) is 6.97. The lowest BCUT2D eigenvalue weighted by atomic mass is 10.1. The molecule has 2 aliphatic heterocycles. The van der Waals surface area contributed by atoms with Crippen molar-refractivity contribution in [2.45, 2.75) is 5.25 Å². The number of thioether (sulfide) groups is 1. The number of carbonyl (C=O) groups is 1. The zero-order chi connectivity index (χ0) is 13.2. The van der Waals surface area contributed by atoms with Gasteiger partial charge < -0.3 is 5.32 Å². The average molecular weight is 272 g/mol. The van der Waals surface area contributed by atoms with Gasteiger partial charge in [-0.1, -0.05) is 6.58 Å². The van der Waals surface area contributed by atoms with Crippen molar-refractivity contribution in [1.82, 2.24) is 15.3 Å². The molecule has 1 N–H and O–H groups in total. The van der Waals surface area contributed by atoms with Gasteiger partial charge in [0.15, 0.2) is 0 Å². The van der Waals surface area contributed by atoms with E-state index in [0.29, 0.717) is 6.54 Å². The van der Waals surface area contributed by atoms with Gasteiger partial charge in [0.1, 0.15) is 11.6 Å². The van der Waals surface area contributed by atoms with Crippen molar-refractivity contribution in [3.05, 3.63) is 42.6 Å². The van der Waals surface area contributed by atoms with Crippen molar-refractivity contribution in [1.29, 1.82) is 0 Å². The number of aromatic nitrogens is 2. The Morgan fingerprint density at radius 2 is 2.16 bits per heavy atom. The number of allylic oxidation sites excluding steroid dienone is 1. The van der Waals surface area contributed by atoms with E-state index in [2.05, 4.69) is 26.9 Å². The standard InChI is InChI=1S/C13H12N4OS/c1-8-6-19-12(13(18)17-8)11-2-9(5-16-11)10-3-14-7-15-4-10/h2-4,7,12H,1,5-6H2,(H,17,18). The first-order chi connectivity index (χ1) is 9.24. The van der Waals surface area contributed by atoms with Gasteiger partial charge in [-0.15, -0.1) is 11.8 Å². The number of amides is 1. The molecule has 1 saturated heterocycles. The van der Waals surface area contributed by atoms with Crippen molar-refractivity contribution in [3.63, 3.8) is 0 Å². The number of aliphatic imine (C=N–C) groups is 1. The van der Waals surface area contributed by atoms with Gasteiger partial charge >= 0.3 is 0 Å². The molecular weight excluding hydrogens is 260 g/mol. The lowest BCUT2D eigenvalue weighted by Gasteiger charge is -2.22. The first-order valence-corrected chi connectivity index (χ1v) is 6.89. The van der Waals surface area contributed by atoms with E-state index in [1.165, 1.54) is 6.33 Å². The highest BCUT2D eigenvalue weighted by atomic mass is 32.2. The van der Waals surface area contributed by atoms with Gasteiger partial charge in [0.2, 0.25) is 5.91 Å². The molecule has 0 radical (unpaired) electrons. The molecule has 1 amide bonds. The van der Waals surface area contributed by atoms with Crippen LogP contribution in [0.2, 0.25) is 0 Å². The third-order valence-electron chi connectivity index (χ3n) is 2.92. The topological polar surface area (TPSA) is 67.2 Å². The number of rotatable bonds is 2. The lowest BCUT2D eigenvalue weighted by Crippen LogP contribution is -2.41. The Kier molecular flexibility index (Phi) is 3.16. The molecule has 3 heterocycles. The smallest absolute Gasteiger partial charge is 0.243 e. The van der Waals surface area contributed by atoms with Crippen molar-refractivity contribution >= 4 is 29.0 Å². The molecule has 6 heteroatoms. The summed E-state index contributed by atoms with van der Waals surface area (Å²) in [5.41, 5.74) is 3.57. The maximum Gasteiger partial charge on any atom is 0.243 e. The largest absolute Gasteiger partial charge is 0.328 e. The predicted molar refractivity (Wildman–Crippen MR) is 75.8 cm³/mol. The van der Waals surface area contributed by atoms with Crippen LogP contribution in [0.25, 0.3) is 5.57 Å². The molecule has 0 saturated carbocycles. The van der Waals surface area contributed by atoms with Gasteiger partial charge in [-0.25, -0.2) is 9.97 Å². The van der Waals surface area contributed by atoms with Crippen LogP contribution >= 0.6 is 11.8 Å². The van der Waals surface area contributed by atoms with Crippen LogP contribution < -0.4 is 5.32 Å². The minimum absolute atomic E-state index is 0.0400. The number of carbonyl (C=O) groups excluding carboxylic acids is 1. The first-order valence-electron chi connectivity index (χ1n) is 5.84. The third kappa shape index (κ3) is 2.44. The SMILES string of the molecule is C=C1CSC(C2=NCC(c3cncnc3)=C2)C(=O)N1. The minimum atomic E-state index is -0.243. The van der Waals surface area contributed by atoms with E-state index in [0.717, 1.165) is 28.3 Å². The van der Waals surface area contributed by atoms with E-state index in [1.54, 1.807) is 24.2 Å². The summed E-state index contributed by atoms with van der Waals surface area (Å²) in [6, 6.07) is 0. The molecule has 3 rings (SSSR count). The normalized spacial score (nSPS) is 22.8. The Labute approximate surface area is 114 Å². The van der Waals surface area contributed by atoms with Gasteiger partial charge in [0, 0.05) is 29.4 Å². The van der Waals surface area contributed by atoms with Crippen molar-refractivity contribution in [2.75, 3.05) is 12.3 Å². The molecule has 1 aromatic heterocycles. The number of hydrogen-bond donors (Lipinski definition) is 1. The molecule has 1 aromatic rings. The monoisotopic (exact) mass is 272 g/mol. The fourth-order valence-electron chi connectivity index (χ4n) is 2.00. The molecule has 1 unspecified atom stereocenters. The minimum Gasteiger partial charge on any atom is -0.328 e. The van der Waals surface area contributed by atoms with Crippen LogP contribution in [0.1, 0.15) is 5.56 Å². The molecule has 5 nitrogen and oxygen atoms in total. The van der Waals surface area contributed by atoms with Crippen LogP contribution in [0.15, 0.2) is 42.1 Å². The predicted octanol–water partition coefficient (Wildman–Crippen LogP) is 1.06. The fraction of sp³-hybridized carbons (Fsp3) is 0.231. The molecule has 0 aliphatic carbocycles. The first kappa shape index (κ1) is 12.1. The Bertz CT molecular complexity index is 594. The number of nitrogens with zero attached hydrogens (tertiary/aromatic N) is 3. The fourth-order valence-corrected chi connectivity index (χ4v) is 2.96. The Morgan fingerprint density at radius 1 is 1.37 bits per heavy atom. The second-order valence-corrected chi connectivity index (χ2v) is 5.42. The van der Waals surface area contributed by atoms with Crippen LogP contribution in [-0.4, -0.2) is 39.1 Å². The van der Waals surface area contributed by atoms with Crippen LogP contribution in [0.3, 0.4) is 0 Å². The highest BCUT2D eigenvalue weighted by Gasteiger charge is 2.30. The van der Waals surface area contributed by atoms with E-state index < -0.39 is 0 Å². The molecule has 0 bridgehead atoms. The van der Waals surface area contributed by atoms with Crippen LogP contribution in [0.5, 0.6) is 0 Å². The Balaban J connectivity index is 1.79. The molecule has 0 aromatic carbocycles. The highest BCUT2D eigenvalue weighted by Crippen LogP contribution is 2.26. The Morgan fingerprint density at radius 3 is 2.89 bits per heavy atom. The number of hydrogen-bond acceptors (Lipinski definition) is 5. The van der Waals surface area contributed by atoms with E-state index in [-0.39, 0.29) is 11.2 Å². The Hall–Kier alpha value is -1.95. The van der Waals surface area contributed by atoms with Gasteiger partial charge in [-0.05, 0) is 11.6 Å². The summed E-state index contributed by atoms with van der Waals surface area (Å²) in [5, 5.41) is 2.53. The second kappa shape index (κ2) is 4.97. The van der Waals surface area contributed by atoms with Crippen molar-refractivity contribution in [3.8, 4) is 0 Å². The number of nitrogens with one attached hydrogen (secondary N) is 1. The maximum atomic E-state index is 11.9. The molecule has 1 atom stereocenters. The zero-order valence-corrected chi connectivity index (χ0v) is 11.0. The summed E-state index contributed by atoms with van der Waals surface area (Å²) in [7, 11) is 0. The van der Waals surface area contributed by atoms with E-state index in [4.69, 9.17) is 0 Å². The summed E-state index contributed by atoms with van der Waals surface area (Å²) in [4.78, 5) is 24.3. The summed E-state index contributed by atoms with van der Waals surface area (Å²) in [5.74, 6) is 0.689. The van der Waals surface area contributed by atoms with Gasteiger partial charge in [-0.3, -0.25) is 9.79 Å². The van der Waals surface area contributed by atoms with Crippen molar-refractivity contribution in [2.24, 2.45) is 4.99 Å². The molecular formula is C13H12N4OS. The highest BCUT2D eigenvalue weighted by molar-refractivity contribution is 8.01. The molecule has 19 heavy (non-hydrogen) atoms. The quantitative estimate of drug-likeness (QED) is 0.874. The summed E-state index contributed by atoms with van der Waals surface area (Å²) in [6.45, 7) is 4.34. The van der Waals surface area contributed by atoms with Gasteiger partial charge in [0.25, 0.3) is 0 Å². The van der Waals surface area contributed by atoms with E-state index in [1.807, 2.05) is 6.08 Å². The summed E-state index contributed by atoms with van der Waals surface area (Å²) < 4.78 is 0. The maximum absolute atomic E-state index is 11.9. The van der Waals surface area contributed by atoms with E-state index in [9.17, 15) is 4.79 Å². The lowest BCUT2D eigenvalue weighted by molar-refractivity contribution is -0.118. The molecule has 2 aliphatic rings. The van der Waals surface area contributed by atoms with Crippen LogP contribution in [-0.2, 0) is 4.79 Å². The average Bonchev–Trinajstić information content (AvgIpc) is 2.89. The van der Waals surface area contributed by atoms with Gasteiger partial charge in [0.05, 0.1) is 12.3 Å². The molecule has 1 fully saturated rings. The third-order valence-corrected chi connectivity index (χ3v) is 4.22. The summed E-state index contributed by atoms with van der Waals surface area (Å²) >= 11 is 1.56. The molecule has 96 valence electrons. The van der Waals surface area contributed by atoms with Crippen LogP contribution in [0.4, 0.5) is 0 Å². The van der Waals surface area contributed by atoms with Gasteiger partial charge in [-0.2, -0.15) is 0 Å². The van der Waals surface area contributed by atoms with Crippen LogP contribution in [0, 0.1) is 0 Å². The van der Waals surface area contributed by atoms with E-state index >= 15 is 0 Å². The molecule has 0 spiro atoms.